The maximum absolute atomic E-state index is 12.9. The first-order valence-electron chi connectivity index (χ1n) is 9.65. The Balaban J connectivity index is 1.57. The molecule has 1 aliphatic rings. The van der Waals surface area contributed by atoms with E-state index in [1.807, 2.05) is 35.9 Å². The van der Waals surface area contributed by atoms with E-state index in [-0.39, 0.29) is 5.91 Å². The summed E-state index contributed by atoms with van der Waals surface area (Å²) in [5.74, 6) is 0.108. The number of anilines is 1. The molecule has 0 radical (unpaired) electrons. The number of carbonyl (C=O) groups excluding carboxylic acids is 1. The van der Waals surface area contributed by atoms with E-state index in [1.165, 1.54) is 23.6 Å². The van der Waals surface area contributed by atoms with Gasteiger partial charge in [-0.3, -0.25) is 14.8 Å². The van der Waals surface area contributed by atoms with Crippen molar-refractivity contribution in [3.63, 3.8) is 0 Å². The highest BCUT2D eigenvalue weighted by atomic mass is 16.2. The molecule has 1 amide bonds. The number of carbonyl (C=O) groups is 1. The third-order valence-corrected chi connectivity index (χ3v) is 4.98. The topological polar surface area (TPSA) is 105 Å². The van der Waals surface area contributed by atoms with Crippen LogP contribution in [0, 0.1) is 6.92 Å². The first kappa shape index (κ1) is 18.6. The molecule has 0 saturated heterocycles. The van der Waals surface area contributed by atoms with Crippen molar-refractivity contribution in [1.29, 1.82) is 0 Å². The Hall–Kier alpha value is -4.40. The van der Waals surface area contributed by atoms with Crippen LogP contribution in [-0.2, 0) is 11.3 Å². The van der Waals surface area contributed by atoms with Crippen LogP contribution >= 0.6 is 0 Å². The van der Waals surface area contributed by atoms with Gasteiger partial charge in [-0.1, -0.05) is 6.07 Å². The van der Waals surface area contributed by atoms with Crippen molar-refractivity contribution in [1.82, 2.24) is 29.5 Å². The van der Waals surface area contributed by atoms with Crippen molar-refractivity contribution < 1.29 is 4.79 Å². The summed E-state index contributed by atoms with van der Waals surface area (Å²) in [6.07, 6.45) is 15.1. The van der Waals surface area contributed by atoms with Crippen molar-refractivity contribution in [3.05, 3.63) is 84.2 Å². The summed E-state index contributed by atoms with van der Waals surface area (Å²) in [6, 6.07) is 5.78. The number of nitrogens with zero attached hydrogens (tertiary/aromatic N) is 7. The normalized spacial score (nSPS) is 14.7. The number of aromatic nitrogens is 6. The van der Waals surface area contributed by atoms with Crippen molar-refractivity contribution in [3.8, 4) is 11.3 Å². The summed E-state index contributed by atoms with van der Waals surface area (Å²) in [6.45, 7) is 2.64. The second-order valence-electron chi connectivity index (χ2n) is 6.99. The highest BCUT2D eigenvalue weighted by Crippen LogP contribution is 2.32. The summed E-state index contributed by atoms with van der Waals surface area (Å²) < 4.78 is 2.00. The van der Waals surface area contributed by atoms with E-state index in [4.69, 9.17) is 0 Å². The lowest BCUT2D eigenvalue weighted by Crippen LogP contribution is -2.22. The predicted octanol–water partition coefficient (Wildman–Crippen LogP) is 2.84. The van der Waals surface area contributed by atoms with Crippen LogP contribution < -0.4 is 5.01 Å². The smallest absolute Gasteiger partial charge is 0.281 e. The minimum absolute atomic E-state index is 0.268. The number of rotatable bonds is 5. The number of imidazole rings is 1. The minimum atomic E-state index is -0.268. The van der Waals surface area contributed by atoms with E-state index in [0.29, 0.717) is 17.9 Å². The van der Waals surface area contributed by atoms with Gasteiger partial charge in [-0.25, -0.2) is 9.97 Å². The third kappa shape index (κ3) is 3.52. The van der Waals surface area contributed by atoms with E-state index in [0.717, 1.165) is 28.2 Å². The van der Waals surface area contributed by atoms with Gasteiger partial charge >= 0.3 is 0 Å². The molecular formula is C22H18N8O. The maximum Gasteiger partial charge on any atom is 0.281 e. The van der Waals surface area contributed by atoms with E-state index >= 15 is 0 Å². The summed E-state index contributed by atoms with van der Waals surface area (Å²) in [4.78, 5) is 33.2. The van der Waals surface area contributed by atoms with Gasteiger partial charge in [0.05, 0.1) is 36.6 Å². The quantitative estimate of drug-likeness (QED) is 0.510. The van der Waals surface area contributed by atoms with Crippen molar-refractivity contribution in [2.75, 3.05) is 5.01 Å². The molecular weight excluding hydrogens is 392 g/mol. The number of hydrogen-bond acceptors (Lipinski definition) is 6. The molecule has 0 saturated carbocycles. The molecule has 4 aromatic heterocycles. The zero-order valence-electron chi connectivity index (χ0n) is 16.7. The Bertz CT molecular complexity index is 1270. The molecule has 152 valence electrons. The zero-order valence-corrected chi connectivity index (χ0v) is 16.7. The summed E-state index contributed by atoms with van der Waals surface area (Å²) in [5.41, 5.74) is 5.08. The van der Waals surface area contributed by atoms with Gasteiger partial charge in [-0.05, 0) is 25.1 Å². The zero-order chi connectivity index (χ0) is 21.2. The molecule has 0 atom stereocenters. The van der Waals surface area contributed by atoms with Crippen molar-refractivity contribution >= 4 is 24.0 Å². The Kier molecular flexibility index (Phi) is 4.68. The molecule has 0 aliphatic carbocycles. The largest absolute Gasteiger partial charge is 0.358 e. The molecule has 31 heavy (non-hydrogen) atoms. The number of hydrazone groups is 1. The molecule has 5 rings (SSSR count). The van der Waals surface area contributed by atoms with Gasteiger partial charge < -0.3 is 9.55 Å². The number of aromatic amines is 1. The Labute approximate surface area is 177 Å². The number of amides is 1. The second kappa shape index (κ2) is 7.79. The maximum atomic E-state index is 12.9. The summed E-state index contributed by atoms with van der Waals surface area (Å²) in [7, 11) is 0. The molecule has 0 aromatic carbocycles. The first-order valence-corrected chi connectivity index (χ1v) is 9.65. The van der Waals surface area contributed by atoms with E-state index in [2.05, 4.69) is 30.0 Å². The number of aryl methyl sites for hydroxylation is 1. The number of hydrogen-bond donors (Lipinski definition) is 1. The van der Waals surface area contributed by atoms with Crippen LogP contribution in [0.5, 0.6) is 0 Å². The minimum Gasteiger partial charge on any atom is -0.358 e. The molecule has 1 aliphatic heterocycles. The highest BCUT2D eigenvalue weighted by Gasteiger charge is 2.26. The fraction of sp³-hybridized carbons (Fsp3) is 0.0909. The Morgan fingerprint density at radius 1 is 1.10 bits per heavy atom. The molecule has 4 aromatic rings. The Morgan fingerprint density at radius 3 is 2.77 bits per heavy atom. The molecule has 0 spiro atoms. The molecule has 9 nitrogen and oxygen atoms in total. The van der Waals surface area contributed by atoms with Crippen LogP contribution in [0.1, 0.15) is 17.0 Å². The van der Waals surface area contributed by atoms with E-state index in [1.54, 1.807) is 31.0 Å². The molecule has 0 bridgehead atoms. The standard InChI is InChI=1S/C22H18N8O/c1-15-17(13-29-9-8-24-14-29)21(18-4-2-3-5-25-18)19(28-15)10-16-11-27-30(22(16)31)20-12-23-6-7-26-20/h2-12,14,28H,13H2,1H3/b16-10+. The molecule has 5 heterocycles. The van der Waals surface area contributed by atoms with Gasteiger partial charge in [-0.15, -0.1) is 0 Å². The van der Waals surface area contributed by atoms with Crippen LogP contribution in [0.15, 0.2) is 72.4 Å². The van der Waals surface area contributed by atoms with Crippen LogP contribution in [0.3, 0.4) is 0 Å². The third-order valence-electron chi connectivity index (χ3n) is 4.98. The average Bonchev–Trinajstić information content (AvgIpc) is 3.51. The van der Waals surface area contributed by atoms with Crippen LogP contribution in [0.2, 0.25) is 0 Å². The van der Waals surface area contributed by atoms with E-state index < -0.39 is 0 Å². The van der Waals surface area contributed by atoms with Crippen molar-refractivity contribution in [2.24, 2.45) is 5.10 Å². The van der Waals surface area contributed by atoms with Gasteiger partial charge in [0.15, 0.2) is 5.82 Å². The fourth-order valence-corrected chi connectivity index (χ4v) is 3.53. The van der Waals surface area contributed by atoms with Crippen LogP contribution in [0.25, 0.3) is 17.3 Å². The predicted molar refractivity (Wildman–Crippen MR) is 116 cm³/mol. The molecule has 1 N–H and O–H groups in total. The van der Waals surface area contributed by atoms with E-state index in [9.17, 15) is 4.79 Å². The highest BCUT2D eigenvalue weighted by molar-refractivity contribution is 6.25. The molecule has 9 heteroatoms. The second-order valence-corrected chi connectivity index (χ2v) is 6.99. The van der Waals surface area contributed by atoms with Gasteiger partial charge in [-0.2, -0.15) is 10.1 Å². The van der Waals surface area contributed by atoms with Crippen LogP contribution in [0.4, 0.5) is 5.82 Å². The van der Waals surface area contributed by atoms with Gasteiger partial charge in [0, 0.05) is 53.5 Å². The fourth-order valence-electron chi connectivity index (χ4n) is 3.53. The Morgan fingerprint density at radius 2 is 2.03 bits per heavy atom. The summed E-state index contributed by atoms with van der Waals surface area (Å²) >= 11 is 0. The SMILES string of the molecule is Cc1[nH]c(/C=C2\C=NN(c3cnccn3)C2=O)c(-c2ccccn2)c1Cn1ccnc1. The molecule has 0 fully saturated rings. The number of pyridine rings is 1. The summed E-state index contributed by atoms with van der Waals surface area (Å²) in [5, 5.41) is 5.44. The van der Waals surface area contributed by atoms with Gasteiger partial charge in [0.1, 0.15) is 0 Å². The van der Waals surface area contributed by atoms with Crippen LogP contribution in [-0.4, -0.2) is 41.6 Å². The lowest BCUT2D eigenvalue weighted by Gasteiger charge is -2.09. The number of H-pyrrole nitrogens is 1. The van der Waals surface area contributed by atoms with Gasteiger partial charge in [0.2, 0.25) is 0 Å². The lowest BCUT2D eigenvalue weighted by atomic mass is 10.0. The first-order chi connectivity index (χ1) is 15.2. The average molecular weight is 410 g/mol. The molecule has 0 unspecified atom stereocenters. The lowest BCUT2D eigenvalue weighted by molar-refractivity contribution is -0.114. The van der Waals surface area contributed by atoms with Gasteiger partial charge in [0.25, 0.3) is 5.91 Å². The number of nitrogens with one attached hydrogen (secondary N) is 1. The monoisotopic (exact) mass is 410 g/mol. The van der Waals surface area contributed by atoms with Crippen molar-refractivity contribution in [2.45, 2.75) is 13.5 Å².